The van der Waals surface area contributed by atoms with Crippen molar-refractivity contribution in [1.82, 2.24) is 19.7 Å². The van der Waals surface area contributed by atoms with E-state index in [1.54, 1.807) is 25.3 Å². The number of methoxy groups -OCH3 is 1. The van der Waals surface area contributed by atoms with E-state index >= 15 is 0 Å². The molecule has 2 heterocycles. The van der Waals surface area contributed by atoms with Crippen molar-refractivity contribution in [3.05, 3.63) is 46.9 Å². The number of benzene rings is 1. The Balaban J connectivity index is 1.68. The van der Waals surface area contributed by atoms with Crippen LogP contribution >= 0.6 is 11.8 Å². The lowest BCUT2D eigenvalue weighted by molar-refractivity contribution is -0.113. The third-order valence-corrected chi connectivity index (χ3v) is 5.70. The Kier molecular flexibility index (Phi) is 7.44. The van der Waals surface area contributed by atoms with Gasteiger partial charge in [0.15, 0.2) is 5.82 Å². The van der Waals surface area contributed by atoms with E-state index in [-0.39, 0.29) is 11.7 Å². The number of amides is 1. The molecule has 3 aromatic rings. The zero-order chi connectivity index (χ0) is 22.4. The molecule has 2 aromatic heterocycles. The van der Waals surface area contributed by atoms with Crippen LogP contribution in [-0.2, 0) is 16.1 Å². The molecule has 0 aliphatic heterocycles. The van der Waals surface area contributed by atoms with Gasteiger partial charge in [0.05, 0.1) is 16.9 Å². The number of anilines is 1. The van der Waals surface area contributed by atoms with E-state index in [9.17, 15) is 14.4 Å². The SMILES string of the molecule is COCCCn1c(C)c(C)c(C#N)c1NC(=O)CSc1n[nH]c(-c2ccccc2F)n1. The highest BCUT2D eigenvalue weighted by Gasteiger charge is 2.20. The maximum absolute atomic E-state index is 13.9. The lowest BCUT2D eigenvalue weighted by Gasteiger charge is -2.12. The standard InChI is InChI=1S/C21H23FN6O2S/c1-13-14(2)28(9-6-10-30-3)20(16(13)11-23)24-18(29)12-31-21-25-19(26-27-21)15-7-4-5-8-17(15)22/h4-5,7-8H,6,9-10,12H2,1-3H3,(H,24,29)(H,25,26,27). The van der Waals surface area contributed by atoms with E-state index in [1.165, 1.54) is 6.07 Å². The fraction of sp³-hybridized carbons (Fsp3) is 0.333. The molecule has 0 aliphatic rings. The maximum Gasteiger partial charge on any atom is 0.235 e. The number of nitriles is 1. The number of ether oxygens (including phenoxy) is 1. The molecule has 0 saturated heterocycles. The van der Waals surface area contributed by atoms with Gasteiger partial charge in [-0.1, -0.05) is 23.9 Å². The van der Waals surface area contributed by atoms with Crippen molar-refractivity contribution in [2.45, 2.75) is 32.0 Å². The van der Waals surface area contributed by atoms with E-state index < -0.39 is 5.82 Å². The highest BCUT2D eigenvalue weighted by molar-refractivity contribution is 7.99. The molecule has 0 unspecified atom stereocenters. The van der Waals surface area contributed by atoms with Crippen LogP contribution in [0.3, 0.4) is 0 Å². The fourth-order valence-electron chi connectivity index (χ4n) is 3.16. The van der Waals surface area contributed by atoms with E-state index in [4.69, 9.17) is 4.74 Å². The second-order valence-electron chi connectivity index (χ2n) is 6.83. The Morgan fingerprint density at radius 1 is 1.39 bits per heavy atom. The van der Waals surface area contributed by atoms with E-state index in [0.29, 0.717) is 41.1 Å². The molecule has 31 heavy (non-hydrogen) atoms. The van der Waals surface area contributed by atoms with Gasteiger partial charge in [0.25, 0.3) is 0 Å². The molecule has 8 nitrogen and oxygen atoms in total. The number of H-pyrrole nitrogens is 1. The van der Waals surface area contributed by atoms with Crippen LogP contribution in [0.1, 0.15) is 23.2 Å². The van der Waals surface area contributed by atoms with Crippen LogP contribution in [0, 0.1) is 31.0 Å². The van der Waals surface area contributed by atoms with Crippen LogP contribution in [-0.4, -0.2) is 45.1 Å². The van der Waals surface area contributed by atoms with Crippen LogP contribution in [0.2, 0.25) is 0 Å². The van der Waals surface area contributed by atoms with Crippen molar-refractivity contribution in [2.75, 3.05) is 24.8 Å². The van der Waals surface area contributed by atoms with Crippen molar-refractivity contribution in [3.8, 4) is 17.5 Å². The normalized spacial score (nSPS) is 10.8. The fourth-order valence-corrected chi connectivity index (χ4v) is 3.76. The van der Waals surface area contributed by atoms with Crippen molar-refractivity contribution < 1.29 is 13.9 Å². The number of carbonyl (C=O) groups excluding carboxylic acids is 1. The highest BCUT2D eigenvalue weighted by Crippen LogP contribution is 2.27. The summed E-state index contributed by atoms with van der Waals surface area (Å²) in [6, 6.07) is 8.43. The van der Waals surface area contributed by atoms with Gasteiger partial charge < -0.3 is 14.6 Å². The molecule has 0 fully saturated rings. The molecule has 162 valence electrons. The van der Waals surface area contributed by atoms with Gasteiger partial charge in [0.1, 0.15) is 17.7 Å². The number of halogens is 1. The number of nitrogens with zero attached hydrogens (tertiary/aromatic N) is 4. The van der Waals surface area contributed by atoms with Crippen molar-refractivity contribution >= 4 is 23.5 Å². The largest absolute Gasteiger partial charge is 0.385 e. The first kappa shape index (κ1) is 22.5. The zero-order valence-electron chi connectivity index (χ0n) is 17.5. The molecule has 3 rings (SSSR count). The van der Waals surface area contributed by atoms with Crippen LogP contribution in [0.5, 0.6) is 0 Å². The molecule has 10 heteroatoms. The molecular weight excluding hydrogens is 419 g/mol. The summed E-state index contributed by atoms with van der Waals surface area (Å²) in [6.07, 6.45) is 0.754. The minimum atomic E-state index is -0.406. The van der Waals surface area contributed by atoms with E-state index in [0.717, 1.165) is 29.4 Å². The van der Waals surface area contributed by atoms with E-state index in [2.05, 4.69) is 26.6 Å². The van der Waals surface area contributed by atoms with Crippen molar-refractivity contribution in [2.24, 2.45) is 0 Å². The third kappa shape index (κ3) is 5.13. The predicted molar refractivity (Wildman–Crippen MR) is 116 cm³/mol. The Morgan fingerprint density at radius 2 is 2.16 bits per heavy atom. The lowest BCUT2D eigenvalue weighted by atomic mass is 10.2. The molecule has 0 atom stereocenters. The van der Waals surface area contributed by atoms with Gasteiger partial charge >= 0.3 is 0 Å². The third-order valence-electron chi connectivity index (χ3n) is 4.86. The average molecular weight is 443 g/mol. The molecule has 0 spiro atoms. The molecule has 0 aliphatic carbocycles. The summed E-state index contributed by atoms with van der Waals surface area (Å²) in [4.78, 5) is 16.8. The van der Waals surface area contributed by atoms with Crippen LogP contribution in [0.25, 0.3) is 11.4 Å². The first-order valence-electron chi connectivity index (χ1n) is 9.65. The molecule has 0 bridgehead atoms. The maximum atomic E-state index is 13.9. The predicted octanol–water partition coefficient (Wildman–Crippen LogP) is 3.67. The van der Waals surface area contributed by atoms with Gasteiger partial charge in [0.2, 0.25) is 11.1 Å². The Bertz CT molecular complexity index is 1120. The van der Waals surface area contributed by atoms with Gasteiger partial charge in [0, 0.05) is 26.0 Å². The highest BCUT2D eigenvalue weighted by atomic mass is 32.2. The number of rotatable bonds is 9. The minimum absolute atomic E-state index is 0.0424. The Hall–Kier alpha value is -3.16. The summed E-state index contributed by atoms with van der Waals surface area (Å²) < 4.78 is 20.9. The average Bonchev–Trinajstić information content (AvgIpc) is 3.31. The molecule has 0 radical (unpaired) electrons. The monoisotopic (exact) mass is 442 g/mol. The second-order valence-corrected chi connectivity index (χ2v) is 7.77. The summed E-state index contributed by atoms with van der Waals surface area (Å²) in [5, 5.41) is 19.5. The van der Waals surface area contributed by atoms with Crippen LogP contribution in [0.15, 0.2) is 29.4 Å². The molecule has 1 aromatic carbocycles. The van der Waals surface area contributed by atoms with Crippen LogP contribution in [0.4, 0.5) is 10.2 Å². The number of aromatic nitrogens is 4. The zero-order valence-corrected chi connectivity index (χ0v) is 18.3. The van der Waals surface area contributed by atoms with Gasteiger partial charge in [-0.2, -0.15) is 5.26 Å². The van der Waals surface area contributed by atoms with Crippen molar-refractivity contribution in [1.29, 1.82) is 5.26 Å². The summed E-state index contributed by atoms with van der Waals surface area (Å²) >= 11 is 1.12. The first-order chi connectivity index (χ1) is 15.0. The molecule has 0 saturated carbocycles. The van der Waals surface area contributed by atoms with Gasteiger partial charge in [-0.15, -0.1) is 5.10 Å². The minimum Gasteiger partial charge on any atom is -0.385 e. The summed E-state index contributed by atoms with van der Waals surface area (Å²) in [5.41, 5.74) is 2.53. The quantitative estimate of drug-likeness (QED) is 0.387. The number of hydrogen-bond acceptors (Lipinski definition) is 6. The van der Waals surface area contributed by atoms with Crippen LogP contribution < -0.4 is 5.32 Å². The number of thioether (sulfide) groups is 1. The van der Waals surface area contributed by atoms with Gasteiger partial charge in [-0.25, -0.2) is 9.37 Å². The Morgan fingerprint density at radius 3 is 2.87 bits per heavy atom. The summed E-state index contributed by atoms with van der Waals surface area (Å²) in [7, 11) is 1.63. The number of aromatic amines is 1. The topological polar surface area (TPSA) is 109 Å². The molecular formula is C21H23FN6O2S. The lowest BCUT2D eigenvalue weighted by Crippen LogP contribution is -2.18. The van der Waals surface area contributed by atoms with Gasteiger partial charge in [-0.05, 0) is 38.0 Å². The first-order valence-corrected chi connectivity index (χ1v) is 10.6. The van der Waals surface area contributed by atoms with Crippen molar-refractivity contribution in [3.63, 3.8) is 0 Å². The van der Waals surface area contributed by atoms with E-state index in [1.807, 2.05) is 18.4 Å². The number of hydrogen-bond donors (Lipinski definition) is 2. The summed E-state index contributed by atoms with van der Waals surface area (Å²) in [6.45, 7) is 4.99. The van der Waals surface area contributed by atoms with Gasteiger partial charge in [-0.3, -0.25) is 9.89 Å². The smallest absolute Gasteiger partial charge is 0.235 e. The Labute approximate surface area is 183 Å². The second kappa shape index (κ2) is 10.2. The molecule has 1 amide bonds. The summed E-state index contributed by atoms with van der Waals surface area (Å²) in [5.74, 6) is 0.134. The molecule has 2 N–H and O–H groups in total. The number of nitrogens with one attached hydrogen (secondary N) is 2. The number of carbonyl (C=O) groups is 1.